The summed E-state index contributed by atoms with van der Waals surface area (Å²) in [6.45, 7) is 7.97. The van der Waals surface area contributed by atoms with Gasteiger partial charge in [-0.3, -0.25) is 0 Å². The van der Waals surface area contributed by atoms with E-state index in [9.17, 15) is 8.42 Å². The lowest BCUT2D eigenvalue weighted by molar-refractivity contribution is 0.367. The second-order valence-corrected chi connectivity index (χ2v) is 8.37. The standard InChI is InChI=1S/C11H20N2O2S2/c1-5-17(14,15)9-8-16-10-12-6-7-13(10)11(2,3)4/h6-7H,5,8-9H2,1-4H3. The monoisotopic (exact) mass is 276 g/mol. The molecule has 0 radical (unpaired) electrons. The van der Waals surface area contributed by atoms with E-state index in [4.69, 9.17) is 0 Å². The van der Waals surface area contributed by atoms with Crippen LogP contribution >= 0.6 is 11.8 Å². The number of nitrogens with zero attached hydrogens (tertiary/aromatic N) is 2. The minimum Gasteiger partial charge on any atom is -0.321 e. The lowest BCUT2D eigenvalue weighted by Gasteiger charge is -2.22. The predicted octanol–water partition coefficient (Wildman–Crippen LogP) is 2.16. The molecule has 0 saturated carbocycles. The minimum atomic E-state index is -2.88. The van der Waals surface area contributed by atoms with Crippen LogP contribution in [-0.2, 0) is 15.4 Å². The third kappa shape index (κ3) is 4.35. The van der Waals surface area contributed by atoms with Crippen LogP contribution in [0.25, 0.3) is 0 Å². The van der Waals surface area contributed by atoms with Crippen molar-refractivity contribution in [1.29, 1.82) is 0 Å². The Balaban J connectivity index is 2.63. The Morgan fingerprint density at radius 1 is 1.41 bits per heavy atom. The summed E-state index contributed by atoms with van der Waals surface area (Å²) in [6, 6.07) is 0. The van der Waals surface area contributed by atoms with Gasteiger partial charge in [-0.1, -0.05) is 18.7 Å². The fraction of sp³-hybridized carbons (Fsp3) is 0.727. The number of hydrogen-bond donors (Lipinski definition) is 0. The highest BCUT2D eigenvalue weighted by molar-refractivity contribution is 8.00. The van der Waals surface area contributed by atoms with Crippen molar-refractivity contribution < 1.29 is 8.42 Å². The molecule has 0 fully saturated rings. The smallest absolute Gasteiger partial charge is 0.168 e. The molecular weight excluding hydrogens is 256 g/mol. The van der Waals surface area contributed by atoms with Crippen LogP contribution in [0.4, 0.5) is 0 Å². The summed E-state index contributed by atoms with van der Waals surface area (Å²) < 4.78 is 24.8. The SMILES string of the molecule is CCS(=O)(=O)CCSc1nccn1C(C)(C)C. The molecule has 0 aliphatic heterocycles. The second-order valence-electron chi connectivity index (χ2n) is 4.84. The first-order valence-electron chi connectivity index (χ1n) is 5.63. The molecule has 6 heteroatoms. The van der Waals surface area contributed by atoms with Crippen LogP contribution in [0.2, 0.25) is 0 Å². The minimum absolute atomic E-state index is 0.0253. The van der Waals surface area contributed by atoms with Gasteiger partial charge in [0.1, 0.15) is 0 Å². The van der Waals surface area contributed by atoms with Crippen molar-refractivity contribution >= 4 is 21.6 Å². The molecule has 0 saturated heterocycles. The van der Waals surface area contributed by atoms with E-state index in [0.717, 1.165) is 5.16 Å². The molecule has 0 unspecified atom stereocenters. The summed E-state index contributed by atoms with van der Waals surface area (Å²) in [6.07, 6.45) is 3.68. The lowest BCUT2D eigenvalue weighted by atomic mass is 10.1. The summed E-state index contributed by atoms with van der Waals surface area (Å²) in [7, 11) is -2.88. The molecule has 1 rings (SSSR count). The molecule has 0 aliphatic carbocycles. The Morgan fingerprint density at radius 3 is 2.59 bits per heavy atom. The van der Waals surface area contributed by atoms with Crippen molar-refractivity contribution in [3.05, 3.63) is 12.4 Å². The van der Waals surface area contributed by atoms with Crippen molar-refractivity contribution in [2.24, 2.45) is 0 Å². The van der Waals surface area contributed by atoms with Gasteiger partial charge in [-0.15, -0.1) is 0 Å². The van der Waals surface area contributed by atoms with Gasteiger partial charge in [0.2, 0.25) is 0 Å². The highest BCUT2D eigenvalue weighted by atomic mass is 32.2. The molecular formula is C11H20N2O2S2. The summed E-state index contributed by atoms with van der Waals surface area (Å²) >= 11 is 1.50. The van der Waals surface area contributed by atoms with Gasteiger partial charge in [-0.05, 0) is 20.8 Å². The van der Waals surface area contributed by atoms with E-state index >= 15 is 0 Å². The molecule has 0 N–H and O–H groups in total. The quantitative estimate of drug-likeness (QED) is 0.773. The van der Waals surface area contributed by atoms with Crippen LogP contribution in [0, 0.1) is 0 Å². The first-order chi connectivity index (χ1) is 7.76. The van der Waals surface area contributed by atoms with Crippen molar-refractivity contribution in [3.8, 4) is 0 Å². The number of hydrogen-bond acceptors (Lipinski definition) is 4. The van der Waals surface area contributed by atoms with Crippen LogP contribution < -0.4 is 0 Å². The van der Waals surface area contributed by atoms with Crippen molar-refractivity contribution in [1.82, 2.24) is 9.55 Å². The van der Waals surface area contributed by atoms with E-state index in [2.05, 4.69) is 30.3 Å². The Morgan fingerprint density at radius 2 is 2.06 bits per heavy atom. The van der Waals surface area contributed by atoms with Crippen LogP contribution in [0.3, 0.4) is 0 Å². The van der Waals surface area contributed by atoms with Gasteiger partial charge in [0, 0.05) is 29.4 Å². The molecule has 0 atom stereocenters. The van der Waals surface area contributed by atoms with E-state index in [-0.39, 0.29) is 17.0 Å². The molecule has 0 spiro atoms. The second kappa shape index (κ2) is 5.44. The molecule has 0 amide bonds. The number of imidazole rings is 1. The normalized spacial score (nSPS) is 12.9. The maximum Gasteiger partial charge on any atom is 0.168 e. The summed E-state index contributed by atoms with van der Waals surface area (Å²) in [4.78, 5) is 4.26. The number of sulfone groups is 1. The average molecular weight is 276 g/mol. The number of thioether (sulfide) groups is 1. The van der Waals surface area contributed by atoms with Gasteiger partial charge >= 0.3 is 0 Å². The summed E-state index contributed by atoms with van der Waals surface area (Å²) in [5.74, 6) is 0.982. The highest BCUT2D eigenvalue weighted by Crippen LogP contribution is 2.23. The summed E-state index contributed by atoms with van der Waals surface area (Å²) in [5.41, 5.74) is -0.0253. The van der Waals surface area contributed by atoms with Gasteiger partial charge in [-0.2, -0.15) is 0 Å². The molecule has 17 heavy (non-hydrogen) atoms. The molecule has 1 aromatic rings. The van der Waals surface area contributed by atoms with Crippen molar-refractivity contribution in [3.63, 3.8) is 0 Å². The average Bonchev–Trinajstić information content (AvgIpc) is 2.65. The summed E-state index contributed by atoms with van der Waals surface area (Å²) in [5, 5.41) is 0.879. The van der Waals surface area contributed by atoms with Crippen LogP contribution in [0.5, 0.6) is 0 Å². The first-order valence-corrected chi connectivity index (χ1v) is 8.44. The van der Waals surface area contributed by atoms with Gasteiger partial charge in [-0.25, -0.2) is 13.4 Å². The predicted molar refractivity (Wildman–Crippen MR) is 72.3 cm³/mol. The maximum absolute atomic E-state index is 11.4. The molecule has 0 aliphatic rings. The number of aromatic nitrogens is 2. The fourth-order valence-electron chi connectivity index (χ4n) is 1.31. The third-order valence-corrected chi connectivity index (χ3v) is 5.33. The number of rotatable bonds is 5. The van der Waals surface area contributed by atoms with Crippen LogP contribution in [0.15, 0.2) is 17.6 Å². The largest absolute Gasteiger partial charge is 0.321 e. The van der Waals surface area contributed by atoms with Gasteiger partial charge in [0.25, 0.3) is 0 Å². The van der Waals surface area contributed by atoms with Gasteiger partial charge in [0.05, 0.1) is 5.75 Å². The Hall–Kier alpha value is -0.490. The Bertz CT molecular complexity index is 458. The van der Waals surface area contributed by atoms with Crippen LogP contribution in [0.1, 0.15) is 27.7 Å². The molecule has 1 aromatic heterocycles. The Kier molecular flexibility index (Phi) is 4.66. The van der Waals surface area contributed by atoms with E-state index in [0.29, 0.717) is 5.75 Å². The zero-order chi connectivity index (χ0) is 13.1. The zero-order valence-electron chi connectivity index (χ0n) is 10.8. The molecule has 98 valence electrons. The lowest BCUT2D eigenvalue weighted by Crippen LogP contribution is -2.22. The fourth-order valence-corrected chi connectivity index (χ4v) is 3.74. The highest BCUT2D eigenvalue weighted by Gasteiger charge is 2.17. The molecule has 1 heterocycles. The van der Waals surface area contributed by atoms with Crippen molar-refractivity contribution in [2.75, 3.05) is 17.3 Å². The first kappa shape index (κ1) is 14.6. The zero-order valence-corrected chi connectivity index (χ0v) is 12.4. The van der Waals surface area contributed by atoms with E-state index in [1.807, 2.05) is 6.20 Å². The third-order valence-electron chi connectivity index (χ3n) is 2.39. The van der Waals surface area contributed by atoms with Crippen molar-refractivity contribution in [2.45, 2.75) is 38.4 Å². The topological polar surface area (TPSA) is 52.0 Å². The Labute approximate surface area is 108 Å². The van der Waals surface area contributed by atoms with E-state index < -0.39 is 9.84 Å². The van der Waals surface area contributed by atoms with Gasteiger partial charge < -0.3 is 4.57 Å². The molecule has 0 aromatic carbocycles. The van der Waals surface area contributed by atoms with E-state index in [1.165, 1.54) is 11.8 Å². The molecule has 0 bridgehead atoms. The van der Waals surface area contributed by atoms with Crippen LogP contribution in [-0.4, -0.2) is 35.2 Å². The van der Waals surface area contributed by atoms with E-state index in [1.54, 1.807) is 13.1 Å². The maximum atomic E-state index is 11.4. The van der Waals surface area contributed by atoms with Gasteiger partial charge in [0.15, 0.2) is 15.0 Å². The molecule has 4 nitrogen and oxygen atoms in total.